The molecule has 0 fully saturated rings. The number of rotatable bonds is 7. The molecule has 0 bridgehead atoms. The van der Waals surface area contributed by atoms with Crippen molar-refractivity contribution in [2.75, 3.05) is 13.2 Å². The van der Waals surface area contributed by atoms with E-state index in [1.807, 2.05) is 0 Å². The van der Waals surface area contributed by atoms with Gasteiger partial charge in [-0.05, 0) is 36.4 Å². The van der Waals surface area contributed by atoms with E-state index in [0.717, 1.165) is 0 Å². The highest BCUT2D eigenvalue weighted by atomic mass is 16.5. The quantitative estimate of drug-likeness (QED) is 0.767. The Morgan fingerprint density at radius 1 is 1.38 bits per heavy atom. The van der Waals surface area contributed by atoms with Crippen molar-refractivity contribution in [3.63, 3.8) is 0 Å². The van der Waals surface area contributed by atoms with Gasteiger partial charge in [-0.25, -0.2) is 0 Å². The lowest BCUT2D eigenvalue weighted by Crippen LogP contribution is -2.30. The van der Waals surface area contributed by atoms with Gasteiger partial charge in [0.15, 0.2) is 0 Å². The average molecular weight is 287 g/mol. The Kier molecular flexibility index (Phi) is 5.17. The van der Waals surface area contributed by atoms with E-state index in [1.54, 1.807) is 42.5 Å². The first kappa shape index (κ1) is 14.9. The number of hydrogen-bond acceptors (Lipinski definition) is 4. The van der Waals surface area contributed by atoms with Crippen LogP contribution in [0.4, 0.5) is 0 Å². The van der Waals surface area contributed by atoms with Crippen LogP contribution in [0.2, 0.25) is 0 Å². The van der Waals surface area contributed by atoms with Crippen molar-refractivity contribution in [2.45, 2.75) is 6.04 Å². The molecule has 0 saturated carbocycles. The first-order chi connectivity index (χ1) is 10.2. The first-order valence-corrected chi connectivity index (χ1v) is 6.53. The number of hydrogen-bond donors (Lipinski definition) is 2. The molecule has 1 atom stereocenters. The van der Waals surface area contributed by atoms with E-state index in [9.17, 15) is 9.90 Å². The summed E-state index contributed by atoms with van der Waals surface area (Å²) in [5.74, 6) is 0.883. The summed E-state index contributed by atoms with van der Waals surface area (Å²) in [6.45, 7) is 3.74. The maximum absolute atomic E-state index is 12.1. The Balaban J connectivity index is 2.00. The van der Waals surface area contributed by atoms with E-state index in [4.69, 9.17) is 9.15 Å². The lowest BCUT2D eigenvalue weighted by Gasteiger charge is -2.14. The molecule has 1 aromatic heterocycles. The third-order valence-corrected chi connectivity index (χ3v) is 2.86. The van der Waals surface area contributed by atoms with Crippen LogP contribution in [-0.2, 0) is 0 Å². The number of aliphatic hydroxyl groups excluding tert-OH is 1. The van der Waals surface area contributed by atoms with Crippen molar-refractivity contribution in [1.82, 2.24) is 5.32 Å². The summed E-state index contributed by atoms with van der Waals surface area (Å²) in [6, 6.07) is 9.57. The van der Waals surface area contributed by atoms with Gasteiger partial charge in [-0.3, -0.25) is 4.79 Å². The second kappa shape index (κ2) is 7.31. The third-order valence-electron chi connectivity index (χ3n) is 2.86. The molecular weight excluding hydrogens is 270 g/mol. The van der Waals surface area contributed by atoms with Gasteiger partial charge in [0.25, 0.3) is 5.91 Å². The Hall–Kier alpha value is -2.53. The Morgan fingerprint density at radius 2 is 2.14 bits per heavy atom. The minimum Gasteiger partial charge on any atom is -0.490 e. The van der Waals surface area contributed by atoms with E-state index in [-0.39, 0.29) is 12.5 Å². The number of aliphatic hydroxyl groups is 1. The normalized spacial score (nSPS) is 11.7. The summed E-state index contributed by atoms with van der Waals surface area (Å²) in [5, 5.41) is 12.0. The largest absolute Gasteiger partial charge is 0.490 e. The lowest BCUT2D eigenvalue weighted by molar-refractivity contribution is 0.0907. The van der Waals surface area contributed by atoms with Crippen LogP contribution in [-0.4, -0.2) is 24.2 Å². The molecule has 1 amide bonds. The van der Waals surface area contributed by atoms with Crippen molar-refractivity contribution >= 4 is 5.91 Å². The van der Waals surface area contributed by atoms with Gasteiger partial charge < -0.3 is 19.6 Å². The van der Waals surface area contributed by atoms with Gasteiger partial charge in [-0.2, -0.15) is 0 Å². The molecule has 5 heteroatoms. The molecule has 21 heavy (non-hydrogen) atoms. The molecule has 5 nitrogen and oxygen atoms in total. The van der Waals surface area contributed by atoms with Crippen molar-refractivity contribution in [1.29, 1.82) is 0 Å². The molecule has 0 spiro atoms. The minimum atomic E-state index is -0.566. The SMILES string of the molecule is C=CCOc1ccc(C(=O)NC(CO)c2ccco2)cc1. The molecule has 1 heterocycles. The predicted octanol–water partition coefficient (Wildman–Crippen LogP) is 2.31. The molecule has 0 radical (unpaired) electrons. The Morgan fingerprint density at radius 3 is 2.71 bits per heavy atom. The number of ether oxygens (including phenoxy) is 1. The smallest absolute Gasteiger partial charge is 0.251 e. The van der Waals surface area contributed by atoms with Gasteiger partial charge in [0, 0.05) is 5.56 Å². The van der Waals surface area contributed by atoms with Gasteiger partial charge >= 0.3 is 0 Å². The molecule has 2 rings (SSSR count). The van der Waals surface area contributed by atoms with Crippen molar-refractivity contribution in [2.24, 2.45) is 0 Å². The maximum atomic E-state index is 12.1. The zero-order valence-electron chi connectivity index (χ0n) is 11.5. The Labute approximate surface area is 122 Å². The van der Waals surface area contributed by atoms with E-state index in [1.165, 1.54) is 6.26 Å². The fourth-order valence-electron chi connectivity index (χ4n) is 1.80. The number of carbonyl (C=O) groups excluding carboxylic acids is 1. The summed E-state index contributed by atoms with van der Waals surface area (Å²) < 4.78 is 10.5. The van der Waals surface area contributed by atoms with Crippen LogP contribution < -0.4 is 10.1 Å². The van der Waals surface area contributed by atoms with Crippen LogP contribution >= 0.6 is 0 Å². The lowest BCUT2D eigenvalue weighted by atomic mass is 10.1. The van der Waals surface area contributed by atoms with Gasteiger partial charge in [-0.15, -0.1) is 0 Å². The van der Waals surface area contributed by atoms with Crippen molar-refractivity contribution in [3.8, 4) is 5.75 Å². The predicted molar refractivity (Wildman–Crippen MR) is 78.1 cm³/mol. The molecule has 1 unspecified atom stereocenters. The van der Waals surface area contributed by atoms with Crippen LogP contribution in [0.3, 0.4) is 0 Å². The van der Waals surface area contributed by atoms with Crippen LogP contribution in [0.25, 0.3) is 0 Å². The minimum absolute atomic E-state index is 0.236. The summed E-state index contributed by atoms with van der Waals surface area (Å²) >= 11 is 0. The molecule has 110 valence electrons. The Bertz CT molecular complexity index is 575. The number of carbonyl (C=O) groups is 1. The highest BCUT2D eigenvalue weighted by Crippen LogP contribution is 2.15. The van der Waals surface area contributed by atoms with E-state index in [0.29, 0.717) is 23.7 Å². The monoisotopic (exact) mass is 287 g/mol. The molecule has 0 aliphatic rings. The summed E-state index contributed by atoms with van der Waals surface area (Å²) in [7, 11) is 0. The fraction of sp³-hybridized carbons (Fsp3) is 0.188. The van der Waals surface area contributed by atoms with E-state index < -0.39 is 6.04 Å². The molecule has 0 aliphatic heterocycles. The van der Waals surface area contributed by atoms with Crippen molar-refractivity contribution in [3.05, 3.63) is 66.6 Å². The van der Waals surface area contributed by atoms with Crippen LogP contribution in [0.1, 0.15) is 22.2 Å². The zero-order valence-corrected chi connectivity index (χ0v) is 11.5. The number of benzene rings is 1. The van der Waals surface area contributed by atoms with E-state index >= 15 is 0 Å². The zero-order chi connectivity index (χ0) is 15.1. The molecule has 0 aliphatic carbocycles. The standard InChI is InChI=1S/C16H17NO4/c1-2-9-20-13-7-5-12(6-8-13)16(19)17-14(11-18)15-4-3-10-21-15/h2-8,10,14,18H,1,9,11H2,(H,17,19). The van der Waals surface area contributed by atoms with Crippen LogP contribution in [0.5, 0.6) is 5.75 Å². The highest BCUT2D eigenvalue weighted by Gasteiger charge is 2.17. The molecule has 2 aromatic rings. The summed E-state index contributed by atoms with van der Waals surface area (Å²) in [4.78, 5) is 12.1. The third kappa shape index (κ3) is 3.97. The number of amides is 1. The van der Waals surface area contributed by atoms with Gasteiger partial charge in [0.05, 0.1) is 12.9 Å². The number of furan rings is 1. The van der Waals surface area contributed by atoms with Crippen molar-refractivity contribution < 1.29 is 19.1 Å². The van der Waals surface area contributed by atoms with Gasteiger partial charge in [0.1, 0.15) is 24.2 Å². The van der Waals surface area contributed by atoms with Gasteiger partial charge in [-0.1, -0.05) is 12.7 Å². The topological polar surface area (TPSA) is 71.7 Å². The molecule has 1 aromatic carbocycles. The second-order valence-corrected chi connectivity index (χ2v) is 4.35. The average Bonchev–Trinajstić information content (AvgIpc) is 3.05. The summed E-state index contributed by atoms with van der Waals surface area (Å²) in [6.07, 6.45) is 3.14. The van der Waals surface area contributed by atoms with Crippen LogP contribution in [0, 0.1) is 0 Å². The second-order valence-electron chi connectivity index (χ2n) is 4.35. The van der Waals surface area contributed by atoms with Gasteiger partial charge in [0.2, 0.25) is 0 Å². The highest BCUT2D eigenvalue weighted by molar-refractivity contribution is 5.94. The molecular formula is C16H17NO4. The molecule has 0 saturated heterocycles. The molecule has 2 N–H and O–H groups in total. The van der Waals surface area contributed by atoms with Crippen LogP contribution in [0.15, 0.2) is 59.7 Å². The maximum Gasteiger partial charge on any atom is 0.251 e. The first-order valence-electron chi connectivity index (χ1n) is 6.53. The summed E-state index contributed by atoms with van der Waals surface area (Å²) in [5.41, 5.74) is 0.478. The van der Waals surface area contributed by atoms with E-state index in [2.05, 4.69) is 11.9 Å². The number of nitrogens with one attached hydrogen (secondary N) is 1. The fourth-order valence-corrected chi connectivity index (χ4v) is 1.80.